The summed E-state index contributed by atoms with van der Waals surface area (Å²) in [4.78, 5) is 10.8. The minimum Gasteiger partial charge on any atom is -0.463 e. The number of unbranched alkanes of at least 4 members (excludes halogenated alkanes) is 1. The summed E-state index contributed by atoms with van der Waals surface area (Å²) in [5.41, 5.74) is 6.16. The van der Waals surface area contributed by atoms with Crippen LogP contribution >= 0.6 is 0 Å². The molecular weight excluding hydrogens is 154 g/mol. The highest BCUT2D eigenvalue weighted by Crippen LogP contribution is 2.00. The van der Waals surface area contributed by atoms with E-state index in [4.69, 9.17) is 10.5 Å². The van der Waals surface area contributed by atoms with Gasteiger partial charge in [-0.2, -0.15) is 0 Å². The maximum Gasteiger partial charge on any atom is 0.332 e. The molecule has 0 aromatic rings. The van der Waals surface area contributed by atoms with Crippen molar-refractivity contribution >= 4 is 5.97 Å². The summed E-state index contributed by atoms with van der Waals surface area (Å²) >= 11 is 0. The molecule has 3 heteroatoms. The highest BCUT2D eigenvalue weighted by atomic mass is 16.5. The monoisotopic (exact) mass is 171 g/mol. The van der Waals surface area contributed by atoms with E-state index in [-0.39, 0.29) is 5.97 Å². The van der Waals surface area contributed by atoms with Gasteiger partial charge in [-0.15, -0.1) is 0 Å². The van der Waals surface area contributed by atoms with Gasteiger partial charge in [-0.1, -0.05) is 13.3 Å². The largest absolute Gasteiger partial charge is 0.463 e. The minimum atomic E-state index is -0.342. The van der Waals surface area contributed by atoms with Crippen molar-refractivity contribution in [1.82, 2.24) is 0 Å². The van der Waals surface area contributed by atoms with E-state index in [1.54, 1.807) is 6.92 Å². The quantitative estimate of drug-likeness (QED) is 0.504. The second-order valence-corrected chi connectivity index (χ2v) is 2.57. The van der Waals surface area contributed by atoms with E-state index in [2.05, 4.69) is 6.92 Å². The Hall–Kier alpha value is -0.990. The molecule has 0 aliphatic heterocycles. The van der Waals surface area contributed by atoms with Crippen LogP contribution < -0.4 is 5.73 Å². The average molecular weight is 171 g/mol. The lowest BCUT2D eigenvalue weighted by Crippen LogP contribution is -2.05. The number of carbonyl (C=O) groups excluding carboxylic acids is 1. The topological polar surface area (TPSA) is 52.3 Å². The molecule has 0 saturated heterocycles. The van der Waals surface area contributed by atoms with Crippen molar-refractivity contribution in [1.29, 1.82) is 0 Å². The molecule has 0 heterocycles. The van der Waals surface area contributed by atoms with Gasteiger partial charge in [-0.05, 0) is 19.8 Å². The molecule has 12 heavy (non-hydrogen) atoms. The van der Waals surface area contributed by atoms with Crippen LogP contribution in [0.15, 0.2) is 11.8 Å². The van der Waals surface area contributed by atoms with Crippen molar-refractivity contribution in [3.63, 3.8) is 0 Å². The molecule has 0 aliphatic carbocycles. The van der Waals surface area contributed by atoms with Crippen LogP contribution in [0.4, 0.5) is 0 Å². The van der Waals surface area contributed by atoms with Gasteiger partial charge in [0.15, 0.2) is 0 Å². The molecule has 2 N–H and O–H groups in total. The van der Waals surface area contributed by atoms with E-state index in [1.165, 1.54) is 6.08 Å². The lowest BCUT2D eigenvalue weighted by molar-refractivity contribution is -0.137. The van der Waals surface area contributed by atoms with Crippen molar-refractivity contribution in [3.05, 3.63) is 11.8 Å². The Morgan fingerprint density at radius 1 is 1.50 bits per heavy atom. The Balaban J connectivity index is 3.72. The summed E-state index contributed by atoms with van der Waals surface area (Å²) in [6.45, 7) is 4.25. The number of nitrogens with two attached hydrogens (primary N) is 1. The van der Waals surface area contributed by atoms with Crippen LogP contribution in [0.3, 0.4) is 0 Å². The molecule has 70 valence electrons. The SMILES string of the molecule is CCCC/C(N)=C/C(=O)OCC. The Morgan fingerprint density at radius 2 is 2.17 bits per heavy atom. The average Bonchev–Trinajstić information content (AvgIpc) is 2.01. The van der Waals surface area contributed by atoms with Gasteiger partial charge in [0.25, 0.3) is 0 Å². The summed E-state index contributed by atoms with van der Waals surface area (Å²) in [7, 11) is 0. The summed E-state index contributed by atoms with van der Waals surface area (Å²) < 4.78 is 4.70. The van der Waals surface area contributed by atoms with Crippen molar-refractivity contribution in [3.8, 4) is 0 Å². The molecule has 0 aromatic carbocycles. The zero-order valence-electron chi connectivity index (χ0n) is 7.80. The third kappa shape index (κ3) is 5.77. The Kier molecular flexibility index (Phi) is 6.15. The first kappa shape index (κ1) is 11.0. The zero-order chi connectivity index (χ0) is 9.40. The van der Waals surface area contributed by atoms with Crippen LogP contribution in [0.1, 0.15) is 33.1 Å². The summed E-state index contributed by atoms with van der Waals surface area (Å²) in [5, 5.41) is 0. The lowest BCUT2D eigenvalue weighted by Gasteiger charge is -1.99. The highest BCUT2D eigenvalue weighted by Gasteiger charge is 1.97. The van der Waals surface area contributed by atoms with Gasteiger partial charge in [-0.25, -0.2) is 4.79 Å². The molecule has 0 aromatic heterocycles. The molecule has 0 rings (SSSR count). The van der Waals surface area contributed by atoms with E-state index in [1.807, 2.05) is 0 Å². The van der Waals surface area contributed by atoms with Crippen molar-refractivity contribution in [2.75, 3.05) is 6.61 Å². The normalized spacial score (nSPS) is 11.3. The van der Waals surface area contributed by atoms with E-state index in [9.17, 15) is 4.79 Å². The predicted octanol–water partition coefficient (Wildman–Crippen LogP) is 1.58. The van der Waals surface area contributed by atoms with Gasteiger partial charge >= 0.3 is 5.97 Å². The molecule has 0 bridgehead atoms. The molecule has 0 amide bonds. The van der Waals surface area contributed by atoms with Crippen LogP contribution in [0.5, 0.6) is 0 Å². The van der Waals surface area contributed by atoms with E-state index < -0.39 is 0 Å². The fourth-order valence-electron chi connectivity index (χ4n) is 0.788. The van der Waals surface area contributed by atoms with Crippen molar-refractivity contribution in [2.24, 2.45) is 5.73 Å². The zero-order valence-corrected chi connectivity index (χ0v) is 7.80. The molecule has 3 nitrogen and oxygen atoms in total. The number of carbonyl (C=O) groups is 1. The Labute approximate surface area is 73.6 Å². The fourth-order valence-corrected chi connectivity index (χ4v) is 0.788. The second kappa shape index (κ2) is 6.70. The van der Waals surface area contributed by atoms with E-state index >= 15 is 0 Å². The first-order valence-corrected chi connectivity index (χ1v) is 4.33. The third-order valence-electron chi connectivity index (χ3n) is 1.41. The van der Waals surface area contributed by atoms with E-state index in [0.29, 0.717) is 12.3 Å². The molecule has 0 unspecified atom stereocenters. The maximum absolute atomic E-state index is 10.8. The number of esters is 1. The number of ether oxygens (including phenoxy) is 1. The van der Waals surface area contributed by atoms with Gasteiger partial charge < -0.3 is 10.5 Å². The molecule has 0 radical (unpaired) electrons. The van der Waals surface area contributed by atoms with Crippen LogP contribution in [0, 0.1) is 0 Å². The van der Waals surface area contributed by atoms with Crippen LogP contribution in [-0.2, 0) is 9.53 Å². The standard InChI is InChI=1S/C9H17NO2/c1-3-5-6-8(10)7-9(11)12-4-2/h7H,3-6,10H2,1-2H3/b8-7-. The molecule has 0 aliphatic rings. The first-order chi connectivity index (χ1) is 5.70. The van der Waals surface area contributed by atoms with Gasteiger partial charge in [-0.3, -0.25) is 0 Å². The molecular formula is C9H17NO2. The highest BCUT2D eigenvalue weighted by molar-refractivity contribution is 5.82. The fraction of sp³-hybridized carbons (Fsp3) is 0.667. The summed E-state index contributed by atoms with van der Waals surface area (Å²) in [5.74, 6) is -0.342. The smallest absolute Gasteiger partial charge is 0.332 e. The van der Waals surface area contributed by atoms with Crippen LogP contribution in [0.25, 0.3) is 0 Å². The van der Waals surface area contributed by atoms with Crippen molar-refractivity contribution in [2.45, 2.75) is 33.1 Å². The maximum atomic E-state index is 10.8. The second-order valence-electron chi connectivity index (χ2n) is 2.57. The molecule has 0 spiro atoms. The molecule has 0 atom stereocenters. The van der Waals surface area contributed by atoms with Crippen LogP contribution in [-0.4, -0.2) is 12.6 Å². The van der Waals surface area contributed by atoms with Gasteiger partial charge in [0.1, 0.15) is 0 Å². The molecule has 0 fully saturated rings. The van der Waals surface area contributed by atoms with Crippen molar-refractivity contribution < 1.29 is 9.53 Å². The first-order valence-electron chi connectivity index (χ1n) is 4.33. The minimum absolute atomic E-state index is 0.342. The van der Waals surface area contributed by atoms with Gasteiger partial charge in [0, 0.05) is 11.8 Å². The number of rotatable bonds is 5. The number of hydrogen-bond donors (Lipinski definition) is 1. The van der Waals surface area contributed by atoms with Gasteiger partial charge in [0.05, 0.1) is 6.61 Å². The third-order valence-corrected chi connectivity index (χ3v) is 1.41. The van der Waals surface area contributed by atoms with Crippen LogP contribution in [0.2, 0.25) is 0 Å². The summed E-state index contributed by atoms with van der Waals surface area (Å²) in [6, 6.07) is 0. The van der Waals surface area contributed by atoms with E-state index in [0.717, 1.165) is 19.3 Å². The lowest BCUT2D eigenvalue weighted by atomic mass is 10.2. The number of hydrogen-bond acceptors (Lipinski definition) is 3. The Morgan fingerprint density at radius 3 is 2.67 bits per heavy atom. The van der Waals surface area contributed by atoms with Gasteiger partial charge in [0.2, 0.25) is 0 Å². The Bertz CT molecular complexity index is 164. The molecule has 0 saturated carbocycles. The predicted molar refractivity (Wildman–Crippen MR) is 48.4 cm³/mol. The number of allylic oxidation sites excluding steroid dienone is 1. The summed E-state index contributed by atoms with van der Waals surface area (Å²) in [6.07, 6.45) is 4.23.